The first-order valence-electron chi connectivity index (χ1n) is 7.95. The van der Waals surface area contributed by atoms with E-state index in [0.29, 0.717) is 22.5 Å². The predicted octanol–water partition coefficient (Wildman–Crippen LogP) is 3.25. The van der Waals surface area contributed by atoms with Crippen LogP contribution in [0.2, 0.25) is 0 Å². The number of carbonyl (C=O) groups excluding carboxylic acids is 3. The third kappa shape index (κ3) is 3.96. The molecule has 0 fully saturated rings. The summed E-state index contributed by atoms with van der Waals surface area (Å²) in [5.41, 5.74) is 4.52. The molecule has 6 heteroatoms. The fraction of sp³-hybridized carbons (Fsp3) is 0.316. The van der Waals surface area contributed by atoms with Crippen molar-refractivity contribution in [3.05, 3.63) is 51.8 Å². The summed E-state index contributed by atoms with van der Waals surface area (Å²) < 4.78 is 5.07. The van der Waals surface area contributed by atoms with Crippen molar-refractivity contribution in [3.8, 4) is 0 Å². The number of ether oxygens (including phenoxy) is 1. The maximum absolute atomic E-state index is 12.2. The minimum absolute atomic E-state index is 0.127. The van der Waals surface area contributed by atoms with E-state index in [1.807, 2.05) is 26.0 Å². The van der Waals surface area contributed by atoms with Crippen LogP contribution in [0.25, 0.3) is 0 Å². The van der Waals surface area contributed by atoms with E-state index in [1.54, 1.807) is 19.9 Å². The minimum atomic E-state index is -0.663. The molecule has 0 aliphatic rings. The lowest BCUT2D eigenvalue weighted by Crippen LogP contribution is -2.22. The van der Waals surface area contributed by atoms with Crippen molar-refractivity contribution in [2.24, 2.45) is 0 Å². The SMILES string of the molecule is CC(=O)c1c(C)[nH]c(C(=O)OCC(=O)Nc2cccc(C)c2C)c1C. The van der Waals surface area contributed by atoms with Crippen LogP contribution in [-0.4, -0.2) is 29.3 Å². The van der Waals surface area contributed by atoms with E-state index in [2.05, 4.69) is 10.3 Å². The molecule has 0 unspecified atom stereocenters. The second-order valence-electron chi connectivity index (χ2n) is 6.05. The van der Waals surface area contributed by atoms with Crippen LogP contribution in [0.4, 0.5) is 5.69 Å². The number of amides is 1. The number of hydrogen-bond acceptors (Lipinski definition) is 4. The zero-order valence-corrected chi connectivity index (χ0v) is 15.1. The number of H-pyrrole nitrogens is 1. The van der Waals surface area contributed by atoms with Crippen molar-refractivity contribution >= 4 is 23.3 Å². The Balaban J connectivity index is 2.03. The number of ketones is 1. The van der Waals surface area contributed by atoms with Crippen LogP contribution in [0.5, 0.6) is 0 Å². The lowest BCUT2D eigenvalue weighted by molar-refractivity contribution is -0.119. The summed E-state index contributed by atoms with van der Waals surface area (Å²) in [5, 5.41) is 2.73. The van der Waals surface area contributed by atoms with Gasteiger partial charge in [-0.3, -0.25) is 9.59 Å². The van der Waals surface area contributed by atoms with E-state index in [1.165, 1.54) is 6.92 Å². The number of carbonyl (C=O) groups is 3. The van der Waals surface area contributed by atoms with Gasteiger partial charge < -0.3 is 15.0 Å². The number of aromatic amines is 1. The van der Waals surface area contributed by atoms with Crippen LogP contribution < -0.4 is 5.32 Å². The molecule has 2 N–H and O–H groups in total. The molecule has 0 saturated heterocycles. The van der Waals surface area contributed by atoms with Crippen LogP contribution in [0.15, 0.2) is 18.2 Å². The van der Waals surface area contributed by atoms with Crippen molar-refractivity contribution in [2.75, 3.05) is 11.9 Å². The van der Waals surface area contributed by atoms with Crippen molar-refractivity contribution in [1.29, 1.82) is 0 Å². The second kappa shape index (κ2) is 7.34. The minimum Gasteiger partial charge on any atom is -0.451 e. The van der Waals surface area contributed by atoms with Crippen molar-refractivity contribution in [1.82, 2.24) is 4.98 Å². The first kappa shape index (κ1) is 18.4. The Morgan fingerprint density at radius 2 is 1.76 bits per heavy atom. The van der Waals surface area contributed by atoms with Crippen molar-refractivity contribution in [3.63, 3.8) is 0 Å². The normalized spacial score (nSPS) is 10.4. The van der Waals surface area contributed by atoms with Gasteiger partial charge in [0.2, 0.25) is 0 Å². The van der Waals surface area contributed by atoms with Crippen LogP contribution in [0.3, 0.4) is 0 Å². The third-order valence-electron chi connectivity index (χ3n) is 4.21. The Kier molecular flexibility index (Phi) is 5.41. The molecule has 0 spiro atoms. The van der Waals surface area contributed by atoms with E-state index in [0.717, 1.165) is 11.1 Å². The first-order chi connectivity index (χ1) is 11.7. The van der Waals surface area contributed by atoms with Gasteiger partial charge in [0.1, 0.15) is 5.69 Å². The summed E-state index contributed by atoms with van der Waals surface area (Å²) in [4.78, 5) is 38.7. The number of esters is 1. The molecule has 1 heterocycles. The second-order valence-corrected chi connectivity index (χ2v) is 6.05. The maximum atomic E-state index is 12.2. The zero-order valence-electron chi connectivity index (χ0n) is 15.1. The maximum Gasteiger partial charge on any atom is 0.355 e. The number of aryl methyl sites for hydroxylation is 2. The molecule has 1 aromatic heterocycles. The summed E-state index contributed by atoms with van der Waals surface area (Å²) in [6, 6.07) is 5.59. The standard InChI is InChI=1S/C19H22N2O4/c1-10-7-6-8-15(11(10)2)21-16(23)9-25-19(24)18-12(3)17(14(5)22)13(4)20-18/h6-8,20H,9H2,1-5H3,(H,21,23). The number of aromatic nitrogens is 1. The van der Waals surface area contributed by atoms with Crippen LogP contribution >= 0.6 is 0 Å². The molecule has 1 aromatic carbocycles. The van der Waals surface area contributed by atoms with Gasteiger partial charge in [0.05, 0.1) is 0 Å². The number of rotatable bonds is 5. The van der Waals surface area contributed by atoms with Gasteiger partial charge in [-0.25, -0.2) is 4.79 Å². The molecule has 0 radical (unpaired) electrons. The fourth-order valence-corrected chi connectivity index (χ4v) is 2.76. The topological polar surface area (TPSA) is 88.3 Å². The third-order valence-corrected chi connectivity index (χ3v) is 4.21. The monoisotopic (exact) mass is 342 g/mol. The van der Waals surface area contributed by atoms with Crippen LogP contribution in [0, 0.1) is 27.7 Å². The quantitative estimate of drug-likeness (QED) is 0.645. The smallest absolute Gasteiger partial charge is 0.355 e. The number of benzene rings is 1. The highest BCUT2D eigenvalue weighted by Gasteiger charge is 2.21. The molecule has 1 amide bonds. The predicted molar refractivity (Wildman–Crippen MR) is 95.1 cm³/mol. The highest BCUT2D eigenvalue weighted by molar-refractivity contribution is 6.01. The Morgan fingerprint density at radius 3 is 2.36 bits per heavy atom. The van der Waals surface area contributed by atoms with Gasteiger partial charge in [0.25, 0.3) is 5.91 Å². The highest BCUT2D eigenvalue weighted by Crippen LogP contribution is 2.20. The molecule has 0 aliphatic carbocycles. The Bertz CT molecular complexity index is 849. The molecule has 6 nitrogen and oxygen atoms in total. The van der Waals surface area contributed by atoms with Gasteiger partial charge in [0.15, 0.2) is 12.4 Å². The Morgan fingerprint density at radius 1 is 1.08 bits per heavy atom. The van der Waals surface area contributed by atoms with E-state index in [4.69, 9.17) is 4.74 Å². The Labute approximate surface area is 146 Å². The summed E-state index contributed by atoms with van der Waals surface area (Å²) >= 11 is 0. The van der Waals surface area contributed by atoms with Gasteiger partial charge >= 0.3 is 5.97 Å². The number of hydrogen-bond donors (Lipinski definition) is 2. The molecule has 2 aromatic rings. The molecule has 0 aliphatic heterocycles. The van der Waals surface area contributed by atoms with E-state index in [-0.39, 0.29) is 11.5 Å². The molecule has 0 atom stereocenters. The summed E-state index contributed by atoms with van der Waals surface area (Å²) in [6.07, 6.45) is 0. The average Bonchev–Trinajstić information content (AvgIpc) is 2.84. The Hall–Kier alpha value is -2.89. The van der Waals surface area contributed by atoms with Gasteiger partial charge in [-0.2, -0.15) is 0 Å². The van der Waals surface area contributed by atoms with Gasteiger partial charge in [-0.15, -0.1) is 0 Å². The average molecular weight is 342 g/mol. The van der Waals surface area contributed by atoms with Gasteiger partial charge in [-0.05, 0) is 57.4 Å². The molecular formula is C19H22N2O4. The number of nitrogens with one attached hydrogen (secondary N) is 2. The fourth-order valence-electron chi connectivity index (χ4n) is 2.76. The van der Waals surface area contributed by atoms with Crippen LogP contribution in [-0.2, 0) is 9.53 Å². The van der Waals surface area contributed by atoms with Crippen molar-refractivity contribution in [2.45, 2.75) is 34.6 Å². The molecule has 0 saturated carbocycles. The lowest BCUT2D eigenvalue weighted by atomic mass is 10.1. The summed E-state index contributed by atoms with van der Waals surface area (Å²) in [6.45, 7) is 8.29. The number of Topliss-reactive ketones (excluding diaryl/α,β-unsaturated/α-hetero) is 1. The molecule has 132 valence electrons. The van der Waals surface area contributed by atoms with Crippen molar-refractivity contribution < 1.29 is 19.1 Å². The van der Waals surface area contributed by atoms with E-state index < -0.39 is 18.5 Å². The van der Waals surface area contributed by atoms with Crippen LogP contribution in [0.1, 0.15) is 50.2 Å². The summed E-state index contributed by atoms with van der Waals surface area (Å²) in [5.74, 6) is -1.21. The molecule has 25 heavy (non-hydrogen) atoms. The van der Waals surface area contributed by atoms with E-state index >= 15 is 0 Å². The summed E-state index contributed by atoms with van der Waals surface area (Å²) in [7, 11) is 0. The largest absolute Gasteiger partial charge is 0.451 e. The molecule has 2 rings (SSSR count). The molecular weight excluding hydrogens is 320 g/mol. The number of anilines is 1. The highest BCUT2D eigenvalue weighted by atomic mass is 16.5. The first-order valence-corrected chi connectivity index (χ1v) is 7.95. The zero-order chi connectivity index (χ0) is 18.7. The van der Waals surface area contributed by atoms with Gasteiger partial charge in [0, 0.05) is 16.9 Å². The van der Waals surface area contributed by atoms with E-state index in [9.17, 15) is 14.4 Å². The lowest BCUT2D eigenvalue weighted by Gasteiger charge is -2.10. The van der Waals surface area contributed by atoms with Gasteiger partial charge in [-0.1, -0.05) is 12.1 Å². The molecule has 0 bridgehead atoms.